The lowest BCUT2D eigenvalue weighted by Gasteiger charge is -2.29. The topological polar surface area (TPSA) is 75.0 Å². The molecule has 8 heteroatoms. The standard InChI is InChI=1S/C17H19N6O2/c1-20-14-13(15(24)21(2)17(20)25)18-16(19-14)23-10-8-22(9-11-23)12-6-4-3-5-7-12/h3-7H,8-11H2,1-2H3/q+1. The second-order valence-electron chi connectivity index (χ2n) is 6.21. The van der Waals surface area contributed by atoms with E-state index in [1.54, 1.807) is 7.05 Å². The number of nitrogens with zero attached hydrogens (tertiary/aromatic N) is 6. The van der Waals surface area contributed by atoms with Crippen molar-refractivity contribution in [3.8, 4) is 0 Å². The Kier molecular flexibility index (Phi) is 3.60. The van der Waals surface area contributed by atoms with Crippen LogP contribution in [0, 0.1) is 0 Å². The van der Waals surface area contributed by atoms with Crippen LogP contribution >= 0.6 is 0 Å². The molecule has 0 saturated carbocycles. The molecule has 1 aromatic heterocycles. The first-order valence-corrected chi connectivity index (χ1v) is 8.21. The van der Waals surface area contributed by atoms with Gasteiger partial charge in [-0.1, -0.05) is 23.2 Å². The van der Waals surface area contributed by atoms with E-state index in [1.165, 1.54) is 17.3 Å². The van der Waals surface area contributed by atoms with Gasteiger partial charge in [-0.2, -0.15) is 0 Å². The van der Waals surface area contributed by atoms with Crippen LogP contribution in [0.3, 0.4) is 0 Å². The molecule has 2 aliphatic heterocycles. The van der Waals surface area contributed by atoms with Gasteiger partial charge in [0, 0.05) is 32.9 Å². The van der Waals surface area contributed by atoms with Gasteiger partial charge in [0.1, 0.15) is 0 Å². The summed E-state index contributed by atoms with van der Waals surface area (Å²) in [6.07, 6.45) is 0. The van der Waals surface area contributed by atoms with E-state index in [-0.39, 0.29) is 5.36 Å². The van der Waals surface area contributed by atoms with E-state index in [1.807, 2.05) is 18.2 Å². The number of aromatic nitrogens is 2. The Labute approximate surface area is 143 Å². The molecule has 0 bridgehead atoms. The van der Waals surface area contributed by atoms with E-state index < -0.39 is 11.2 Å². The summed E-state index contributed by atoms with van der Waals surface area (Å²) in [5.74, 6) is 0.515. The Morgan fingerprint density at radius 1 is 0.960 bits per heavy atom. The van der Waals surface area contributed by atoms with Crippen molar-refractivity contribution in [3.05, 3.63) is 62.0 Å². The van der Waals surface area contributed by atoms with Gasteiger partial charge in [0.25, 0.3) is 10.8 Å². The van der Waals surface area contributed by atoms with Crippen molar-refractivity contribution in [1.29, 1.82) is 0 Å². The number of guanidine groups is 1. The Hall–Kier alpha value is -3.03. The minimum absolute atomic E-state index is 0.241. The lowest BCUT2D eigenvalue weighted by Crippen LogP contribution is -2.55. The third-order valence-corrected chi connectivity index (χ3v) is 4.71. The number of rotatable bonds is 1. The third kappa shape index (κ3) is 2.50. The maximum atomic E-state index is 12.3. The fourth-order valence-corrected chi connectivity index (χ4v) is 3.21. The molecule has 128 valence electrons. The van der Waals surface area contributed by atoms with Gasteiger partial charge in [-0.25, -0.2) is 4.79 Å². The van der Waals surface area contributed by atoms with Crippen molar-refractivity contribution in [2.45, 2.75) is 0 Å². The van der Waals surface area contributed by atoms with Gasteiger partial charge in [-0.3, -0.25) is 18.5 Å². The van der Waals surface area contributed by atoms with Gasteiger partial charge in [0.15, 0.2) is 0 Å². The average molecular weight is 339 g/mol. The summed E-state index contributed by atoms with van der Waals surface area (Å²) in [7, 11) is 3.06. The van der Waals surface area contributed by atoms with E-state index in [4.69, 9.17) is 0 Å². The largest absolute Gasteiger partial charge is 0.431 e. The van der Waals surface area contributed by atoms with Crippen molar-refractivity contribution in [2.24, 2.45) is 24.1 Å². The molecule has 0 amide bonds. The van der Waals surface area contributed by atoms with Crippen LogP contribution in [0.15, 0.2) is 49.9 Å². The second kappa shape index (κ2) is 5.80. The number of para-hydroxylation sites is 1. The second-order valence-corrected chi connectivity index (χ2v) is 6.21. The van der Waals surface area contributed by atoms with Crippen LogP contribution in [0.25, 0.3) is 0 Å². The fraction of sp³-hybridized carbons (Fsp3) is 0.353. The lowest BCUT2D eigenvalue weighted by atomic mass is 10.2. The first kappa shape index (κ1) is 15.5. The zero-order valence-corrected chi connectivity index (χ0v) is 14.2. The van der Waals surface area contributed by atoms with Gasteiger partial charge >= 0.3 is 17.2 Å². The highest BCUT2D eigenvalue weighted by atomic mass is 16.2. The molecule has 3 heterocycles. The summed E-state index contributed by atoms with van der Waals surface area (Å²) in [6.45, 7) is 3.23. The highest BCUT2D eigenvalue weighted by Gasteiger charge is 2.26. The molecule has 0 aliphatic carbocycles. The molecule has 2 aromatic rings. The monoisotopic (exact) mass is 339 g/mol. The quantitative estimate of drug-likeness (QED) is 0.577. The summed E-state index contributed by atoms with van der Waals surface area (Å²) in [5, 5.41) is 0.241. The molecule has 25 heavy (non-hydrogen) atoms. The van der Waals surface area contributed by atoms with Crippen LogP contribution in [0.5, 0.6) is 0 Å². The van der Waals surface area contributed by atoms with Crippen molar-refractivity contribution in [3.63, 3.8) is 0 Å². The summed E-state index contributed by atoms with van der Waals surface area (Å²) in [5.41, 5.74) is 0.748. The first-order chi connectivity index (χ1) is 12.1. The summed E-state index contributed by atoms with van der Waals surface area (Å²) >= 11 is 0. The fourth-order valence-electron chi connectivity index (χ4n) is 3.21. The summed E-state index contributed by atoms with van der Waals surface area (Å²) in [4.78, 5) is 35.4. The Bertz CT molecular complexity index is 1100. The maximum Gasteiger partial charge on any atom is 0.431 e. The maximum absolute atomic E-state index is 12.3. The van der Waals surface area contributed by atoms with Gasteiger partial charge in [0.2, 0.25) is 0 Å². The molecule has 1 aromatic carbocycles. The molecule has 0 spiro atoms. The molecule has 0 unspecified atom stereocenters. The predicted octanol–water partition coefficient (Wildman–Crippen LogP) is -1.77. The Balaban J connectivity index is 1.69. The number of piperazine rings is 1. The van der Waals surface area contributed by atoms with Crippen molar-refractivity contribution in [2.75, 3.05) is 31.1 Å². The Morgan fingerprint density at radius 2 is 1.64 bits per heavy atom. The van der Waals surface area contributed by atoms with Crippen molar-refractivity contribution in [1.82, 2.24) is 9.13 Å². The molecule has 0 atom stereocenters. The van der Waals surface area contributed by atoms with Gasteiger partial charge in [-0.05, 0) is 17.1 Å². The smallest absolute Gasteiger partial charge is 0.365 e. The minimum atomic E-state index is -0.403. The van der Waals surface area contributed by atoms with Crippen LogP contribution in [-0.2, 0) is 14.1 Å². The molecule has 2 aliphatic rings. The highest BCUT2D eigenvalue weighted by Crippen LogP contribution is 2.14. The number of benzene rings is 1. The van der Waals surface area contributed by atoms with E-state index in [2.05, 4.69) is 31.6 Å². The molecule has 8 nitrogen and oxygen atoms in total. The zero-order chi connectivity index (χ0) is 17.6. The van der Waals surface area contributed by atoms with Crippen molar-refractivity contribution >= 4 is 11.6 Å². The SMILES string of the molecule is Cn1c(=O)c2c(n(C)c1=O)=NC(=[N+]1CCN(c3ccccc3)CC1)N=2. The van der Waals surface area contributed by atoms with E-state index >= 15 is 0 Å². The van der Waals surface area contributed by atoms with Gasteiger partial charge in [-0.15, -0.1) is 0 Å². The average Bonchev–Trinajstić information content (AvgIpc) is 3.11. The Morgan fingerprint density at radius 3 is 2.32 bits per heavy atom. The number of fused-ring (bicyclic) bond motifs is 1. The number of hydrogen-bond acceptors (Lipinski definition) is 3. The first-order valence-electron chi connectivity index (χ1n) is 8.21. The molecule has 0 N–H and O–H groups in total. The predicted molar refractivity (Wildman–Crippen MR) is 92.9 cm³/mol. The summed E-state index contributed by atoms with van der Waals surface area (Å²) in [6, 6.07) is 10.3. The van der Waals surface area contributed by atoms with E-state index in [0.29, 0.717) is 11.4 Å². The van der Waals surface area contributed by atoms with E-state index in [9.17, 15) is 9.59 Å². The zero-order valence-electron chi connectivity index (χ0n) is 14.2. The number of hydrogen-bond donors (Lipinski definition) is 0. The number of anilines is 1. The van der Waals surface area contributed by atoms with Crippen molar-refractivity contribution < 1.29 is 4.58 Å². The molecule has 4 rings (SSSR count). The molecular weight excluding hydrogens is 320 g/mol. The van der Waals surface area contributed by atoms with Crippen LogP contribution in [0.4, 0.5) is 5.69 Å². The van der Waals surface area contributed by atoms with E-state index in [0.717, 1.165) is 30.7 Å². The van der Waals surface area contributed by atoms with Crippen LogP contribution in [0.1, 0.15) is 0 Å². The lowest BCUT2D eigenvalue weighted by molar-refractivity contribution is -0.531. The summed E-state index contributed by atoms with van der Waals surface area (Å²) < 4.78 is 4.49. The van der Waals surface area contributed by atoms with Gasteiger partial charge < -0.3 is 4.90 Å². The molecule has 1 fully saturated rings. The van der Waals surface area contributed by atoms with Crippen LogP contribution < -0.4 is 27.0 Å². The third-order valence-electron chi connectivity index (χ3n) is 4.71. The van der Waals surface area contributed by atoms with Gasteiger partial charge in [0.05, 0.1) is 13.1 Å². The highest BCUT2D eigenvalue weighted by molar-refractivity contribution is 5.78. The molecular formula is C17H19N6O2+. The molecule has 0 radical (unpaired) electrons. The normalized spacial score (nSPS) is 16.5. The van der Waals surface area contributed by atoms with Crippen LogP contribution in [-0.4, -0.2) is 45.8 Å². The molecule has 1 saturated heterocycles. The van der Waals surface area contributed by atoms with Crippen LogP contribution in [0.2, 0.25) is 0 Å². The minimum Gasteiger partial charge on any atom is -0.365 e.